The summed E-state index contributed by atoms with van der Waals surface area (Å²) in [6.07, 6.45) is 0. The van der Waals surface area contributed by atoms with Crippen molar-refractivity contribution in [1.29, 1.82) is 5.26 Å². The molecular weight excluding hydrogens is 168 g/mol. The van der Waals surface area contributed by atoms with Crippen molar-refractivity contribution in [2.45, 2.75) is 6.04 Å². The van der Waals surface area contributed by atoms with Crippen LogP contribution in [0, 0.1) is 11.3 Å². The second kappa shape index (κ2) is 3.78. The average Bonchev–Trinajstić information content (AvgIpc) is 2.16. The molecule has 0 spiro atoms. The van der Waals surface area contributed by atoms with Gasteiger partial charge in [0.15, 0.2) is 0 Å². The average molecular weight is 178 g/mol. The van der Waals surface area contributed by atoms with E-state index < -0.39 is 6.04 Å². The van der Waals surface area contributed by atoms with Crippen molar-refractivity contribution in [2.75, 3.05) is 7.11 Å². The second-order valence-corrected chi connectivity index (χ2v) is 2.53. The molecule has 3 N–H and O–H groups in total. The predicted molar refractivity (Wildman–Crippen MR) is 47.2 cm³/mol. The third-order valence-corrected chi connectivity index (χ3v) is 1.71. The number of nitrogens with zero attached hydrogens (tertiary/aromatic N) is 1. The Balaban J connectivity index is 3.06. The molecule has 4 nitrogen and oxygen atoms in total. The number of nitriles is 1. The van der Waals surface area contributed by atoms with Crippen LogP contribution in [0.4, 0.5) is 0 Å². The standard InChI is InChI=1S/C9H10N2O2/c1-13-6-2-3-7(8(11)5-10)9(12)4-6/h2-4,8,12H,11H2,1H3/t8-/m0/s1. The quantitative estimate of drug-likeness (QED) is 0.705. The largest absolute Gasteiger partial charge is 0.507 e. The van der Waals surface area contributed by atoms with Gasteiger partial charge in [-0.2, -0.15) is 5.26 Å². The van der Waals surface area contributed by atoms with E-state index in [0.717, 1.165) is 0 Å². The Hall–Kier alpha value is -1.73. The van der Waals surface area contributed by atoms with Gasteiger partial charge in [-0.1, -0.05) is 0 Å². The predicted octanol–water partition coefficient (Wildman–Crippen LogP) is 0.924. The summed E-state index contributed by atoms with van der Waals surface area (Å²) in [7, 11) is 1.50. The Morgan fingerprint density at radius 2 is 2.31 bits per heavy atom. The lowest BCUT2D eigenvalue weighted by atomic mass is 10.1. The number of phenols is 1. The smallest absolute Gasteiger partial charge is 0.125 e. The molecular formula is C9H10N2O2. The van der Waals surface area contributed by atoms with Gasteiger partial charge >= 0.3 is 0 Å². The summed E-state index contributed by atoms with van der Waals surface area (Å²) in [6.45, 7) is 0. The molecule has 0 aliphatic rings. The van der Waals surface area contributed by atoms with Crippen LogP contribution < -0.4 is 10.5 Å². The van der Waals surface area contributed by atoms with Crippen molar-refractivity contribution in [3.05, 3.63) is 23.8 Å². The normalized spacial score (nSPS) is 11.8. The summed E-state index contributed by atoms with van der Waals surface area (Å²) >= 11 is 0. The number of aromatic hydroxyl groups is 1. The van der Waals surface area contributed by atoms with Crippen molar-refractivity contribution in [2.24, 2.45) is 5.73 Å². The molecule has 68 valence electrons. The molecule has 1 rings (SSSR count). The molecule has 0 aliphatic heterocycles. The Labute approximate surface area is 76.2 Å². The Bertz CT molecular complexity index is 344. The van der Waals surface area contributed by atoms with Gasteiger partial charge in [-0.15, -0.1) is 0 Å². The topological polar surface area (TPSA) is 79.3 Å². The molecule has 1 aromatic carbocycles. The van der Waals surface area contributed by atoms with E-state index in [2.05, 4.69) is 0 Å². The van der Waals surface area contributed by atoms with Crippen LogP contribution in [0.1, 0.15) is 11.6 Å². The van der Waals surface area contributed by atoms with Crippen molar-refractivity contribution < 1.29 is 9.84 Å². The lowest BCUT2D eigenvalue weighted by Crippen LogP contribution is -2.07. The molecule has 0 radical (unpaired) electrons. The summed E-state index contributed by atoms with van der Waals surface area (Å²) in [5.74, 6) is 0.514. The summed E-state index contributed by atoms with van der Waals surface area (Å²) in [6, 6.07) is 5.68. The Morgan fingerprint density at radius 1 is 1.62 bits per heavy atom. The maximum absolute atomic E-state index is 9.41. The van der Waals surface area contributed by atoms with Gasteiger partial charge in [0.2, 0.25) is 0 Å². The Kier molecular flexibility index (Phi) is 2.72. The summed E-state index contributed by atoms with van der Waals surface area (Å²) in [5, 5.41) is 17.9. The molecule has 0 amide bonds. The van der Waals surface area contributed by atoms with Crippen molar-refractivity contribution in [1.82, 2.24) is 0 Å². The first-order valence-corrected chi connectivity index (χ1v) is 3.71. The number of ether oxygens (including phenoxy) is 1. The molecule has 0 unspecified atom stereocenters. The molecule has 0 aliphatic carbocycles. The third kappa shape index (κ3) is 1.89. The number of benzene rings is 1. The van der Waals surface area contributed by atoms with Gasteiger partial charge in [0.1, 0.15) is 17.5 Å². The van der Waals surface area contributed by atoms with Crippen LogP contribution in [0.25, 0.3) is 0 Å². The fourth-order valence-corrected chi connectivity index (χ4v) is 0.983. The SMILES string of the molecule is COc1ccc([C@@H](N)C#N)c(O)c1. The minimum atomic E-state index is -0.800. The number of hydrogen-bond acceptors (Lipinski definition) is 4. The van der Waals surface area contributed by atoms with E-state index in [4.69, 9.17) is 15.7 Å². The zero-order valence-corrected chi connectivity index (χ0v) is 7.19. The van der Waals surface area contributed by atoms with Crippen molar-refractivity contribution >= 4 is 0 Å². The first-order chi connectivity index (χ1) is 6.19. The van der Waals surface area contributed by atoms with E-state index in [1.54, 1.807) is 12.1 Å². The fraction of sp³-hybridized carbons (Fsp3) is 0.222. The number of nitrogens with two attached hydrogens (primary N) is 1. The van der Waals surface area contributed by atoms with Gasteiger partial charge in [-0.3, -0.25) is 0 Å². The maximum Gasteiger partial charge on any atom is 0.125 e. The lowest BCUT2D eigenvalue weighted by Gasteiger charge is -2.07. The van der Waals surface area contributed by atoms with E-state index in [1.807, 2.05) is 6.07 Å². The van der Waals surface area contributed by atoms with Crippen molar-refractivity contribution in [3.63, 3.8) is 0 Å². The molecule has 0 bridgehead atoms. The zero-order chi connectivity index (χ0) is 9.84. The maximum atomic E-state index is 9.41. The molecule has 1 aromatic rings. The van der Waals surface area contributed by atoms with E-state index in [1.165, 1.54) is 13.2 Å². The zero-order valence-electron chi connectivity index (χ0n) is 7.19. The first-order valence-electron chi connectivity index (χ1n) is 3.71. The molecule has 0 saturated heterocycles. The van der Waals surface area contributed by atoms with Gasteiger partial charge in [-0.25, -0.2) is 0 Å². The van der Waals surface area contributed by atoms with E-state index in [9.17, 15) is 5.11 Å². The van der Waals surface area contributed by atoms with Gasteiger partial charge < -0.3 is 15.6 Å². The minimum Gasteiger partial charge on any atom is -0.507 e. The fourth-order valence-electron chi connectivity index (χ4n) is 0.983. The minimum absolute atomic E-state index is 0.0200. The van der Waals surface area contributed by atoms with E-state index in [0.29, 0.717) is 11.3 Å². The van der Waals surface area contributed by atoms with Gasteiger partial charge in [0.25, 0.3) is 0 Å². The highest BCUT2D eigenvalue weighted by Crippen LogP contribution is 2.26. The monoisotopic (exact) mass is 178 g/mol. The third-order valence-electron chi connectivity index (χ3n) is 1.71. The molecule has 0 aromatic heterocycles. The van der Waals surface area contributed by atoms with Crippen LogP contribution >= 0.6 is 0 Å². The molecule has 0 fully saturated rings. The van der Waals surface area contributed by atoms with E-state index >= 15 is 0 Å². The Morgan fingerprint density at radius 3 is 2.77 bits per heavy atom. The molecule has 13 heavy (non-hydrogen) atoms. The summed E-state index contributed by atoms with van der Waals surface area (Å²) < 4.78 is 4.88. The summed E-state index contributed by atoms with van der Waals surface area (Å²) in [5.41, 5.74) is 5.83. The second-order valence-electron chi connectivity index (χ2n) is 2.53. The highest BCUT2D eigenvalue weighted by molar-refractivity contribution is 5.42. The summed E-state index contributed by atoms with van der Waals surface area (Å²) in [4.78, 5) is 0. The number of rotatable bonds is 2. The molecule has 4 heteroatoms. The first kappa shape index (κ1) is 9.36. The highest BCUT2D eigenvalue weighted by Gasteiger charge is 2.09. The van der Waals surface area contributed by atoms with Crippen LogP contribution in [0.15, 0.2) is 18.2 Å². The van der Waals surface area contributed by atoms with Gasteiger partial charge in [-0.05, 0) is 12.1 Å². The van der Waals surface area contributed by atoms with Crippen molar-refractivity contribution in [3.8, 4) is 17.6 Å². The van der Waals surface area contributed by atoms with E-state index in [-0.39, 0.29) is 5.75 Å². The molecule has 0 saturated carbocycles. The van der Waals surface area contributed by atoms with Crippen LogP contribution in [-0.4, -0.2) is 12.2 Å². The van der Waals surface area contributed by atoms with Crippen LogP contribution in [0.2, 0.25) is 0 Å². The van der Waals surface area contributed by atoms with Crippen LogP contribution in [0.5, 0.6) is 11.5 Å². The molecule has 0 heterocycles. The number of hydrogen-bond donors (Lipinski definition) is 2. The van der Waals surface area contributed by atoms with Gasteiger partial charge in [0, 0.05) is 11.6 Å². The number of phenolic OH excluding ortho intramolecular Hbond substituents is 1. The highest BCUT2D eigenvalue weighted by atomic mass is 16.5. The van der Waals surface area contributed by atoms with Gasteiger partial charge in [0.05, 0.1) is 13.2 Å². The van der Waals surface area contributed by atoms with Crippen LogP contribution in [0.3, 0.4) is 0 Å². The lowest BCUT2D eigenvalue weighted by molar-refractivity contribution is 0.406. The molecule has 1 atom stereocenters. The van der Waals surface area contributed by atoms with Crippen LogP contribution in [-0.2, 0) is 0 Å². The number of methoxy groups -OCH3 is 1.